The lowest BCUT2D eigenvalue weighted by atomic mass is 10.2. The number of allylic oxidation sites excluding steroid dienone is 6. The van der Waals surface area contributed by atoms with Gasteiger partial charge in [0, 0.05) is 12.4 Å². The molecule has 0 aliphatic carbocycles. The number of hydrogen-bond donors (Lipinski definition) is 0. The maximum Gasteiger partial charge on any atom is 0.251 e. The lowest BCUT2D eigenvalue weighted by molar-refractivity contribution is 0.404. The van der Waals surface area contributed by atoms with Gasteiger partial charge in [0.15, 0.2) is 16.6 Å². The largest absolute Gasteiger partial charge is 0.491 e. The summed E-state index contributed by atoms with van der Waals surface area (Å²) in [6, 6.07) is 0. The van der Waals surface area contributed by atoms with E-state index >= 15 is 0 Å². The number of methoxy groups -OCH3 is 1. The van der Waals surface area contributed by atoms with Gasteiger partial charge in [-0.3, -0.25) is 4.79 Å². The normalized spacial score (nSPS) is 12.8. The molecular formula is C23H27N5O2S. The maximum absolute atomic E-state index is 13.1. The van der Waals surface area contributed by atoms with E-state index in [1.807, 2.05) is 0 Å². The highest BCUT2D eigenvalue weighted by atomic mass is 32.2. The second-order valence-electron chi connectivity index (χ2n) is 5.47. The highest BCUT2D eigenvalue weighted by Gasteiger charge is 2.21. The maximum atomic E-state index is 13.1. The first-order valence-electron chi connectivity index (χ1n) is 9.24. The van der Waals surface area contributed by atoms with Gasteiger partial charge in [-0.15, -0.1) is 0 Å². The Hall–Kier alpha value is -3.65. The Morgan fingerprint density at radius 3 is 2.52 bits per heavy atom. The molecule has 7 nitrogen and oxygen atoms in total. The quantitative estimate of drug-likeness (QED) is 0.224. The lowest BCUT2D eigenvalue weighted by Gasteiger charge is -2.23. The molecule has 0 unspecified atom stereocenters. The van der Waals surface area contributed by atoms with Gasteiger partial charge in [-0.1, -0.05) is 62.4 Å². The predicted molar refractivity (Wildman–Crippen MR) is 133 cm³/mol. The van der Waals surface area contributed by atoms with Gasteiger partial charge >= 0.3 is 0 Å². The van der Waals surface area contributed by atoms with Crippen molar-refractivity contribution in [2.24, 2.45) is 10.1 Å². The van der Waals surface area contributed by atoms with E-state index in [-0.39, 0.29) is 11.4 Å². The molecule has 0 saturated carbocycles. The van der Waals surface area contributed by atoms with Crippen LogP contribution in [0.4, 0.5) is 0 Å². The Morgan fingerprint density at radius 1 is 1.26 bits per heavy atom. The van der Waals surface area contributed by atoms with Crippen LogP contribution in [0.1, 0.15) is 19.5 Å². The van der Waals surface area contributed by atoms with E-state index in [0.717, 1.165) is 0 Å². The van der Waals surface area contributed by atoms with Crippen LogP contribution >= 0.6 is 11.8 Å². The van der Waals surface area contributed by atoms with Crippen LogP contribution in [0.3, 0.4) is 0 Å². The molecule has 0 spiro atoms. The van der Waals surface area contributed by atoms with E-state index in [1.54, 1.807) is 66.9 Å². The first-order chi connectivity index (χ1) is 15.0. The van der Waals surface area contributed by atoms with Crippen molar-refractivity contribution in [2.75, 3.05) is 7.11 Å². The summed E-state index contributed by atoms with van der Waals surface area (Å²) >= 11 is 1.23. The fourth-order valence-corrected chi connectivity index (χ4v) is 2.86. The average molecular weight is 438 g/mol. The zero-order valence-electron chi connectivity index (χ0n) is 18.1. The van der Waals surface area contributed by atoms with Crippen molar-refractivity contribution < 1.29 is 4.74 Å². The van der Waals surface area contributed by atoms with Crippen molar-refractivity contribution in [3.63, 3.8) is 0 Å². The van der Waals surface area contributed by atoms with Crippen LogP contribution in [0.2, 0.25) is 0 Å². The fourth-order valence-electron chi connectivity index (χ4n) is 2.38. The molecular weight excluding hydrogens is 410 g/mol. The minimum atomic E-state index is -0.394. The monoisotopic (exact) mass is 437 g/mol. The molecule has 0 bridgehead atoms. The Labute approximate surface area is 187 Å². The Bertz CT molecular complexity index is 1030. The van der Waals surface area contributed by atoms with Gasteiger partial charge in [-0.2, -0.15) is 10.2 Å². The zero-order chi connectivity index (χ0) is 23.2. The molecule has 31 heavy (non-hydrogen) atoms. The molecule has 0 saturated heterocycles. The van der Waals surface area contributed by atoms with Crippen molar-refractivity contribution >= 4 is 28.8 Å². The minimum absolute atomic E-state index is 0.0990. The van der Waals surface area contributed by atoms with Gasteiger partial charge in [-0.25, -0.2) is 14.7 Å². The molecule has 1 heterocycles. The van der Waals surface area contributed by atoms with E-state index in [1.165, 1.54) is 36.0 Å². The molecule has 0 amide bonds. The van der Waals surface area contributed by atoms with Crippen molar-refractivity contribution in [2.45, 2.75) is 13.8 Å². The first kappa shape index (κ1) is 25.4. The van der Waals surface area contributed by atoms with Gasteiger partial charge in [0.05, 0.1) is 24.7 Å². The highest BCUT2D eigenvalue weighted by molar-refractivity contribution is 8.16. The van der Waals surface area contributed by atoms with Gasteiger partial charge in [0.2, 0.25) is 0 Å². The fraction of sp³-hybridized carbons (Fsp3) is 0.130. The van der Waals surface area contributed by atoms with Crippen LogP contribution in [0, 0.1) is 0 Å². The topological polar surface area (TPSA) is 72.1 Å². The SMILES string of the molecule is C=C/C=C\C=C(/C=C)N(/N=C\C)/C(=C\C)c1nn(/C(=N/C=C)SC=C)cc(OC)c1=O. The number of thioether (sulfide) groups is 1. The molecule has 0 atom stereocenters. The van der Waals surface area contributed by atoms with E-state index < -0.39 is 5.43 Å². The van der Waals surface area contributed by atoms with Crippen molar-refractivity contribution in [3.05, 3.63) is 102 Å². The molecule has 8 heteroatoms. The second-order valence-corrected chi connectivity index (χ2v) is 6.41. The van der Waals surface area contributed by atoms with Gasteiger partial charge < -0.3 is 4.74 Å². The van der Waals surface area contributed by atoms with Crippen molar-refractivity contribution in [3.8, 4) is 5.75 Å². The number of aliphatic imine (C=N–C) groups is 1. The summed E-state index contributed by atoms with van der Waals surface area (Å²) < 4.78 is 6.74. The summed E-state index contributed by atoms with van der Waals surface area (Å²) in [6.07, 6.45) is 14.8. The first-order valence-corrected chi connectivity index (χ1v) is 10.1. The number of nitrogens with zero attached hydrogens (tertiary/aromatic N) is 5. The molecule has 0 radical (unpaired) electrons. The van der Waals surface area contributed by atoms with Crippen LogP contribution in [0.5, 0.6) is 5.75 Å². The Kier molecular flexibility index (Phi) is 11.1. The van der Waals surface area contributed by atoms with E-state index in [2.05, 4.69) is 41.5 Å². The van der Waals surface area contributed by atoms with Crippen molar-refractivity contribution in [1.29, 1.82) is 0 Å². The molecule has 0 aliphatic rings. The molecule has 0 N–H and O–H groups in total. The molecule has 1 rings (SSSR count). The summed E-state index contributed by atoms with van der Waals surface area (Å²) in [5.74, 6) is 0.0990. The van der Waals surface area contributed by atoms with Crippen LogP contribution < -0.4 is 10.2 Å². The number of aromatic nitrogens is 2. The summed E-state index contributed by atoms with van der Waals surface area (Å²) in [7, 11) is 1.42. The predicted octanol–water partition coefficient (Wildman–Crippen LogP) is 4.96. The molecule has 1 aromatic heterocycles. The van der Waals surface area contributed by atoms with E-state index in [4.69, 9.17) is 4.74 Å². The summed E-state index contributed by atoms with van der Waals surface area (Å²) in [4.78, 5) is 17.3. The standard InChI is InChI=1S/C23H27N5O2S/c1-8-14-15-16-18(9-2)28(25-12-5)19(10-3)21-22(29)20(30-7)17-27(26-21)23(24-11-4)31-13-6/h8-17H,1-2,4,6H2,3,5,7H3/b15-14-,18-16+,19-10-,24-23-,25-12-. The summed E-state index contributed by atoms with van der Waals surface area (Å²) in [5, 5.41) is 12.5. The third kappa shape index (κ3) is 6.68. The number of ether oxygens (including phenoxy) is 1. The molecule has 0 aromatic carbocycles. The number of hydrazone groups is 1. The van der Waals surface area contributed by atoms with Gasteiger partial charge in [-0.05, 0) is 31.4 Å². The third-order valence-corrected chi connectivity index (χ3v) is 4.31. The molecule has 162 valence electrons. The lowest BCUT2D eigenvalue weighted by Crippen LogP contribution is -2.26. The third-order valence-electron chi connectivity index (χ3n) is 3.64. The zero-order valence-corrected chi connectivity index (χ0v) is 18.9. The average Bonchev–Trinajstić information content (AvgIpc) is 2.77. The van der Waals surface area contributed by atoms with Crippen LogP contribution in [0.15, 0.2) is 101 Å². The van der Waals surface area contributed by atoms with Gasteiger partial charge in [0.25, 0.3) is 5.43 Å². The Balaban J connectivity index is 3.82. The van der Waals surface area contributed by atoms with Crippen LogP contribution in [-0.2, 0) is 0 Å². The van der Waals surface area contributed by atoms with Crippen LogP contribution in [-0.4, -0.2) is 33.3 Å². The number of rotatable bonds is 10. The van der Waals surface area contributed by atoms with Gasteiger partial charge in [0.1, 0.15) is 0 Å². The smallest absolute Gasteiger partial charge is 0.251 e. The minimum Gasteiger partial charge on any atom is -0.491 e. The van der Waals surface area contributed by atoms with E-state index in [0.29, 0.717) is 16.6 Å². The number of hydrogen-bond acceptors (Lipinski definition) is 7. The molecule has 1 aromatic rings. The Morgan fingerprint density at radius 2 is 2.00 bits per heavy atom. The van der Waals surface area contributed by atoms with Crippen LogP contribution in [0.25, 0.3) is 5.70 Å². The summed E-state index contributed by atoms with van der Waals surface area (Å²) in [6.45, 7) is 18.4. The molecule has 0 fully saturated rings. The molecule has 0 aliphatic heterocycles. The summed E-state index contributed by atoms with van der Waals surface area (Å²) in [5.41, 5.74) is 0.792. The second kappa shape index (κ2) is 13.6. The highest BCUT2D eigenvalue weighted by Crippen LogP contribution is 2.23. The van der Waals surface area contributed by atoms with E-state index in [9.17, 15) is 4.79 Å². The van der Waals surface area contributed by atoms with Crippen molar-refractivity contribution in [1.82, 2.24) is 14.8 Å².